The normalized spacial score (nSPS) is 16.6. The first-order valence-corrected chi connectivity index (χ1v) is 9.90. The average Bonchev–Trinajstić information content (AvgIpc) is 2.61. The lowest BCUT2D eigenvalue weighted by Crippen LogP contribution is -2.46. The van der Waals surface area contributed by atoms with Gasteiger partial charge in [0.05, 0.1) is 11.4 Å². The first-order valence-electron chi connectivity index (χ1n) is 9.90. The lowest BCUT2D eigenvalue weighted by molar-refractivity contribution is 0.246. The van der Waals surface area contributed by atoms with Crippen LogP contribution in [0.2, 0.25) is 0 Å². The largest absolute Gasteiger partial charge is 0.354 e. The van der Waals surface area contributed by atoms with E-state index in [4.69, 9.17) is 9.97 Å². The van der Waals surface area contributed by atoms with Gasteiger partial charge in [-0.3, -0.25) is 9.88 Å². The van der Waals surface area contributed by atoms with Crippen LogP contribution < -0.4 is 4.90 Å². The molecule has 1 saturated heterocycles. The summed E-state index contributed by atoms with van der Waals surface area (Å²) in [7, 11) is 0. The summed E-state index contributed by atoms with van der Waals surface area (Å²) in [5.74, 6) is 2.00. The number of hydrogen-bond donors (Lipinski definition) is 0. The Morgan fingerprint density at radius 3 is 2.15 bits per heavy atom. The Morgan fingerprint density at radius 2 is 1.59 bits per heavy atom. The molecule has 2 aromatic rings. The number of piperazine rings is 1. The molecule has 0 aromatic carbocycles. The minimum absolute atomic E-state index is 0.0124. The van der Waals surface area contributed by atoms with E-state index < -0.39 is 0 Å². The molecule has 0 amide bonds. The highest BCUT2D eigenvalue weighted by Crippen LogP contribution is 2.28. The van der Waals surface area contributed by atoms with Gasteiger partial charge in [-0.2, -0.15) is 0 Å². The number of rotatable bonds is 3. The highest BCUT2D eigenvalue weighted by Gasteiger charge is 2.26. The van der Waals surface area contributed by atoms with Crippen LogP contribution in [0.5, 0.6) is 0 Å². The Bertz CT molecular complexity index is 718. The van der Waals surface area contributed by atoms with E-state index in [0.29, 0.717) is 0 Å². The van der Waals surface area contributed by atoms with E-state index in [1.165, 1.54) is 0 Å². The second-order valence-corrected chi connectivity index (χ2v) is 9.52. The average molecular weight is 368 g/mol. The van der Waals surface area contributed by atoms with Crippen LogP contribution in [0.3, 0.4) is 0 Å². The number of hydrogen-bond acceptors (Lipinski definition) is 5. The van der Waals surface area contributed by atoms with E-state index in [9.17, 15) is 0 Å². The zero-order valence-corrected chi connectivity index (χ0v) is 17.7. The second kappa shape index (κ2) is 7.55. The van der Waals surface area contributed by atoms with Gasteiger partial charge in [0.15, 0.2) is 0 Å². The molecule has 1 aliphatic rings. The van der Waals surface area contributed by atoms with Crippen molar-refractivity contribution in [2.45, 2.75) is 58.9 Å². The van der Waals surface area contributed by atoms with E-state index in [2.05, 4.69) is 74.5 Å². The van der Waals surface area contributed by atoms with Gasteiger partial charge in [-0.15, -0.1) is 0 Å². The van der Waals surface area contributed by atoms with Crippen molar-refractivity contribution in [3.8, 4) is 0 Å². The molecule has 5 heteroatoms. The fourth-order valence-corrected chi connectivity index (χ4v) is 3.17. The zero-order chi connectivity index (χ0) is 19.7. The maximum Gasteiger partial charge on any atom is 0.136 e. The van der Waals surface area contributed by atoms with Crippen molar-refractivity contribution in [2.24, 2.45) is 0 Å². The molecule has 3 rings (SSSR count). The Morgan fingerprint density at radius 1 is 0.889 bits per heavy atom. The molecule has 0 N–H and O–H groups in total. The zero-order valence-electron chi connectivity index (χ0n) is 17.7. The Kier molecular flexibility index (Phi) is 5.52. The van der Waals surface area contributed by atoms with Crippen LogP contribution in [-0.4, -0.2) is 46.0 Å². The van der Waals surface area contributed by atoms with Crippen LogP contribution in [0, 0.1) is 0 Å². The summed E-state index contributed by atoms with van der Waals surface area (Å²) in [6.07, 6.45) is 1.87. The van der Waals surface area contributed by atoms with Crippen LogP contribution in [0.4, 0.5) is 5.82 Å². The fourth-order valence-electron chi connectivity index (χ4n) is 3.17. The first-order chi connectivity index (χ1) is 12.6. The maximum atomic E-state index is 4.93. The van der Waals surface area contributed by atoms with Gasteiger partial charge in [0, 0.05) is 55.8 Å². The highest BCUT2D eigenvalue weighted by molar-refractivity contribution is 5.42. The van der Waals surface area contributed by atoms with Crippen molar-refractivity contribution in [3.05, 3.63) is 47.7 Å². The lowest BCUT2D eigenvalue weighted by atomic mass is 9.90. The Balaban J connectivity index is 1.75. The van der Waals surface area contributed by atoms with Crippen LogP contribution in [0.1, 0.15) is 58.8 Å². The molecule has 146 valence electrons. The molecule has 0 atom stereocenters. The van der Waals surface area contributed by atoms with E-state index >= 15 is 0 Å². The molecule has 0 aliphatic carbocycles. The summed E-state index contributed by atoms with van der Waals surface area (Å²) in [6, 6.07) is 8.31. The van der Waals surface area contributed by atoms with E-state index in [1.54, 1.807) is 0 Å². The van der Waals surface area contributed by atoms with Gasteiger partial charge < -0.3 is 4.90 Å². The summed E-state index contributed by atoms with van der Waals surface area (Å²) in [5, 5.41) is 0. The van der Waals surface area contributed by atoms with Crippen LogP contribution in [-0.2, 0) is 17.4 Å². The SMILES string of the molecule is CC(C)(C)c1cc(N2CCN(Cc3ccccn3)CC2)nc(C(C)(C)C)n1. The molecule has 27 heavy (non-hydrogen) atoms. The Hall–Kier alpha value is -2.01. The van der Waals surface area contributed by atoms with Crippen LogP contribution in [0.25, 0.3) is 0 Å². The molecule has 0 radical (unpaired) electrons. The minimum Gasteiger partial charge on any atom is -0.354 e. The van der Waals surface area contributed by atoms with E-state index in [0.717, 1.165) is 55.8 Å². The standard InChI is InChI=1S/C22H33N5/c1-21(2,3)18-15-19(25-20(24-18)22(4,5)6)27-13-11-26(12-14-27)16-17-9-7-8-10-23-17/h7-10,15H,11-14,16H2,1-6H3. The second-order valence-electron chi connectivity index (χ2n) is 9.52. The minimum atomic E-state index is -0.0587. The monoisotopic (exact) mass is 367 g/mol. The van der Waals surface area contributed by atoms with Crippen molar-refractivity contribution in [1.82, 2.24) is 19.9 Å². The molecule has 3 heterocycles. The van der Waals surface area contributed by atoms with Gasteiger partial charge in [0.1, 0.15) is 11.6 Å². The topological polar surface area (TPSA) is 45.2 Å². The van der Waals surface area contributed by atoms with Gasteiger partial charge in [-0.1, -0.05) is 47.6 Å². The molecule has 0 bridgehead atoms. The van der Waals surface area contributed by atoms with Crippen LogP contribution >= 0.6 is 0 Å². The fraction of sp³-hybridized carbons (Fsp3) is 0.591. The molecule has 1 aliphatic heterocycles. The lowest BCUT2D eigenvalue weighted by Gasteiger charge is -2.36. The summed E-state index contributed by atoms with van der Waals surface area (Å²) >= 11 is 0. The Labute approximate surface area is 163 Å². The summed E-state index contributed by atoms with van der Waals surface area (Å²) in [6.45, 7) is 18.1. The molecule has 5 nitrogen and oxygen atoms in total. The molecule has 0 unspecified atom stereocenters. The van der Waals surface area contributed by atoms with E-state index in [1.807, 2.05) is 12.3 Å². The number of nitrogens with zero attached hydrogens (tertiary/aromatic N) is 5. The van der Waals surface area contributed by atoms with Crippen molar-refractivity contribution in [1.29, 1.82) is 0 Å². The molecular weight excluding hydrogens is 334 g/mol. The predicted octanol–water partition coefficient (Wildman–Crippen LogP) is 3.79. The number of anilines is 1. The van der Waals surface area contributed by atoms with Crippen molar-refractivity contribution < 1.29 is 0 Å². The quantitative estimate of drug-likeness (QED) is 0.826. The molecule has 2 aromatic heterocycles. The van der Waals surface area contributed by atoms with Crippen LogP contribution in [0.15, 0.2) is 30.5 Å². The third kappa shape index (κ3) is 5.04. The van der Waals surface area contributed by atoms with Crippen molar-refractivity contribution in [2.75, 3.05) is 31.1 Å². The molecule has 0 saturated carbocycles. The first kappa shape index (κ1) is 19.7. The predicted molar refractivity (Wildman–Crippen MR) is 111 cm³/mol. The van der Waals surface area contributed by atoms with Gasteiger partial charge >= 0.3 is 0 Å². The van der Waals surface area contributed by atoms with Gasteiger partial charge in [0.2, 0.25) is 0 Å². The third-order valence-electron chi connectivity index (χ3n) is 4.96. The summed E-state index contributed by atoms with van der Waals surface area (Å²) in [5.41, 5.74) is 2.21. The summed E-state index contributed by atoms with van der Waals surface area (Å²) < 4.78 is 0. The van der Waals surface area contributed by atoms with Gasteiger partial charge in [-0.05, 0) is 12.1 Å². The van der Waals surface area contributed by atoms with Gasteiger partial charge in [-0.25, -0.2) is 9.97 Å². The summed E-state index contributed by atoms with van der Waals surface area (Å²) in [4.78, 5) is 19.1. The molecular formula is C22H33N5. The number of aromatic nitrogens is 3. The van der Waals surface area contributed by atoms with Crippen molar-refractivity contribution in [3.63, 3.8) is 0 Å². The number of pyridine rings is 1. The molecule has 0 spiro atoms. The third-order valence-corrected chi connectivity index (χ3v) is 4.96. The smallest absolute Gasteiger partial charge is 0.136 e. The van der Waals surface area contributed by atoms with Gasteiger partial charge in [0.25, 0.3) is 0 Å². The van der Waals surface area contributed by atoms with E-state index in [-0.39, 0.29) is 10.8 Å². The maximum absolute atomic E-state index is 4.93. The molecule has 1 fully saturated rings. The van der Waals surface area contributed by atoms with Crippen molar-refractivity contribution >= 4 is 5.82 Å². The highest BCUT2D eigenvalue weighted by atomic mass is 15.3.